The summed E-state index contributed by atoms with van der Waals surface area (Å²) in [6, 6.07) is 12.9. The maximum Gasteiger partial charge on any atom is 0.267 e. The first-order valence-corrected chi connectivity index (χ1v) is 9.15. The van der Waals surface area contributed by atoms with Gasteiger partial charge in [0.1, 0.15) is 11.5 Å². The van der Waals surface area contributed by atoms with Crippen LogP contribution in [-0.2, 0) is 16.0 Å². The number of nitrogens with zero attached hydrogens (tertiary/aromatic N) is 1. The molecule has 2 aromatic carbocycles. The number of carbonyl (C=O) groups excluding carboxylic acids is 2. The van der Waals surface area contributed by atoms with Crippen LogP contribution in [0, 0.1) is 0 Å². The molecule has 0 radical (unpaired) electrons. The zero-order valence-electron chi connectivity index (χ0n) is 15.8. The number of anilines is 2. The molecule has 0 aromatic heterocycles. The number of hydrogen-bond donors (Lipinski definition) is 1. The summed E-state index contributed by atoms with van der Waals surface area (Å²) in [5.41, 5.74) is 2.47. The molecule has 1 N–H and O–H groups in total. The van der Waals surface area contributed by atoms with Crippen molar-refractivity contribution in [1.29, 1.82) is 0 Å². The Morgan fingerprint density at radius 1 is 1.19 bits per heavy atom. The number of carbonyl (C=O) groups is 2. The second kappa shape index (κ2) is 8.12. The van der Waals surface area contributed by atoms with Gasteiger partial charge in [-0.05, 0) is 56.2 Å². The molecule has 3 rings (SSSR count). The molecule has 0 fully saturated rings. The van der Waals surface area contributed by atoms with Gasteiger partial charge in [-0.2, -0.15) is 0 Å². The lowest BCUT2D eigenvalue weighted by molar-refractivity contribution is -0.125. The Morgan fingerprint density at radius 2 is 1.93 bits per heavy atom. The molecule has 27 heavy (non-hydrogen) atoms. The van der Waals surface area contributed by atoms with Crippen molar-refractivity contribution in [3.63, 3.8) is 0 Å². The van der Waals surface area contributed by atoms with Crippen LogP contribution in [0.15, 0.2) is 42.5 Å². The van der Waals surface area contributed by atoms with E-state index in [-0.39, 0.29) is 18.4 Å². The molecule has 142 valence electrons. The monoisotopic (exact) mass is 368 g/mol. The number of rotatable bonds is 6. The van der Waals surface area contributed by atoms with Crippen molar-refractivity contribution in [2.75, 3.05) is 23.4 Å². The van der Waals surface area contributed by atoms with E-state index >= 15 is 0 Å². The van der Waals surface area contributed by atoms with Crippen molar-refractivity contribution in [2.45, 2.75) is 33.3 Å². The quantitative estimate of drug-likeness (QED) is 0.849. The summed E-state index contributed by atoms with van der Waals surface area (Å²) in [7, 11) is 0. The maximum atomic E-state index is 12.3. The van der Waals surface area contributed by atoms with E-state index in [1.165, 1.54) is 5.56 Å². The van der Waals surface area contributed by atoms with Crippen LogP contribution in [0.1, 0.15) is 26.3 Å². The lowest BCUT2D eigenvalue weighted by atomic mass is 10.1. The summed E-state index contributed by atoms with van der Waals surface area (Å²) >= 11 is 0. The van der Waals surface area contributed by atoms with E-state index in [9.17, 15) is 9.59 Å². The topological polar surface area (TPSA) is 67.9 Å². The number of benzene rings is 2. The van der Waals surface area contributed by atoms with Gasteiger partial charge in [-0.1, -0.05) is 19.1 Å². The molecular weight excluding hydrogens is 344 g/mol. The molecule has 2 amide bonds. The third kappa shape index (κ3) is 4.22. The number of hydrogen-bond acceptors (Lipinski definition) is 4. The third-order valence-electron chi connectivity index (χ3n) is 4.47. The van der Waals surface area contributed by atoms with Gasteiger partial charge >= 0.3 is 0 Å². The Kier molecular flexibility index (Phi) is 5.64. The second-order valence-electron chi connectivity index (χ2n) is 6.36. The Bertz CT molecular complexity index is 833. The van der Waals surface area contributed by atoms with Crippen LogP contribution in [-0.4, -0.2) is 31.1 Å². The van der Waals surface area contributed by atoms with Crippen LogP contribution in [0.25, 0.3) is 0 Å². The van der Waals surface area contributed by atoms with E-state index < -0.39 is 6.10 Å². The van der Waals surface area contributed by atoms with Crippen molar-refractivity contribution in [2.24, 2.45) is 0 Å². The highest BCUT2D eigenvalue weighted by Gasteiger charge is 2.30. The molecule has 1 aliphatic rings. The molecule has 6 heteroatoms. The van der Waals surface area contributed by atoms with Gasteiger partial charge in [0.25, 0.3) is 11.8 Å². The van der Waals surface area contributed by atoms with E-state index in [0.717, 1.165) is 6.42 Å². The van der Waals surface area contributed by atoms with Crippen molar-refractivity contribution in [3.8, 4) is 11.5 Å². The number of aryl methyl sites for hydroxylation is 1. The van der Waals surface area contributed by atoms with Gasteiger partial charge in [0.15, 0.2) is 12.7 Å². The molecule has 1 atom stereocenters. The van der Waals surface area contributed by atoms with Crippen molar-refractivity contribution >= 4 is 23.2 Å². The van der Waals surface area contributed by atoms with Gasteiger partial charge in [0.2, 0.25) is 0 Å². The minimum absolute atomic E-state index is 0.0904. The molecule has 1 unspecified atom stereocenters. The molecule has 0 bridgehead atoms. The SMILES string of the molecule is CCc1ccc(OCC(=O)Nc2ccc3c(c2)N(CC)C(=O)C(C)O3)cc1. The molecular formula is C21H24N2O4. The highest BCUT2D eigenvalue weighted by atomic mass is 16.5. The van der Waals surface area contributed by atoms with Gasteiger partial charge in [-0.25, -0.2) is 0 Å². The highest BCUT2D eigenvalue weighted by molar-refractivity contribution is 6.01. The van der Waals surface area contributed by atoms with E-state index in [4.69, 9.17) is 9.47 Å². The van der Waals surface area contributed by atoms with E-state index in [2.05, 4.69) is 12.2 Å². The fourth-order valence-corrected chi connectivity index (χ4v) is 2.98. The Labute approximate surface area is 159 Å². The third-order valence-corrected chi connectivity index (χ3v) is 4.47. The average Bonchev–Trinajstić information content (AvgIpc) is 2.68. The van der Waals surface area contributed by atoms with Crippen LogP contribution < -0.4 is 19.7 Å². The van der Waals surface area contributed by atoms with Crippen LogP contribution in [0.3, 0.4) is 0 Å². The molecule has 0 saturated heterocycles. The normalized spacial score (nSPS) is 15.7. The maximum absolute atomic E-state index is 12.3. The van der Waals surface area contributed by atoms with Crippen LogP contribution in [0.2, 0.25) is 0 Å². The number of fused-ring (bicyclic) bond motifs is 1. The van der Waals surface area contributed by atoms with Gasteiger partial charge in [-0.3, -0.25) is 9.59 Å². The standard InChI is InChI=1S/C21H24N2O4/c1-4-15-6-9-17(10-7-15)26-13-20(24)22-16-8-11-19-18(12-16)23(5-2)21(25)14(3)27-19/h6-12,14H,4-5,13H2,1-3H3,(H,22,24). The van der Waals surface area contributed by atoms with Crippen molar-refractivity contribution < 1.29 is 19.1 Å². The molecule has 1 aliphatic heterocycles. The highest BCUT2D eigenvalue weighted by Crippen LogP contribution is 2.36. The Morgan fingerprint density at radius 3 is 2.59 bits per heavy atom. The predicted octanol–water partition coefficient (Wildman–Crippen LogP) is 3.40. The predicted molar refractivity (Wildman–Crippen MR) is 105 cm³/mol. The smallest absolute Gasteiger partial charge is 0.267 e. The van der Waals surface area contributed by atoms with Crippen LogP contribution in [0.5, 0.6) is 11.5 Å². The second-order valence-corrected chi connectivity index (χ2v) is 6.36. The minimum atomic E-state index is -0.509. The summed E-state index contributed by atoms with van der Waals surface area (Å²) in [6.45, 7) is 6.16. The molecule has 1 heterocycles. The summed E-state index contributed by atoms with van der Waals surface area (Å²) in [4.78, 5) is 26.1. The van der Waals surface area contributed by atoms with Gasteiger partial charge in [0.05, 0.1) is 5.69 Å². The lowest BCUT2D eigenvalue weighted by Gasteiger charge is -2.32. The average molecular weight is 368 g/mol. The minimum Gasteiger partial charge on any atom is -0.484 e. The van der Waals surface area contributed by atoms with Crippen LogP contribution >= 0.6 is 0 Å². The fraction of sp³-hybridized carbons (Fsp3) is 0.333. The number of likely N-dealkylation sites (N-methyl/N-ethyl adjacent to an activating group) is 1. The zero-order chi connectivity index (χ0) is 19.4. The number of nitrogens with one attached hydrogen (secondary N) is 1. The summed E-state index contributed by atoms with van der Waals surface area (Å²) < 4.78 is 11.2. The van der Waals surface area contributed by atoms with E-state index in [0.29, 0.717) is 29.4 Å². The number of amides is 2. The largest absolute Gasteiger partial charge is 0.484 e. The van der Waals surface area contributed by atoms with Gasteiger partial charge in [0, 0.05) is 12.2 Å². The summed E-state index contributed by atoms with van der Waals surface area (Å²) in [5.74, 6) is 0.925. The van der Waals surface area contributed by atoms with E-state index in [1.54, 1.807) is 30.0 Å². The molecule has 0 spiro atoms. The van der Waals surface area contributed by atoms with Crippen molar-refractivity contribution in [3.05, 3.63) is 48.0 Å². The summed E-state index contributed by atoms with van der Waals surface area (Å²) in [5, 5.41) is 2.80. The first-order chi connectivity index (χ1) is 13.0. The van der Waals surface area contributed by atoms with Gasteiger partial charge < -0.3 is 19.7 Å². The first kappa shape index (κ1) is 18.8. The molecule has 2 aromatic rings. The number of ether oxygens (including phenoxy) is 2. The zero-order valence-corrected chi connectivity index (χ0v) is 15.8. The van der Waals surface area contributed by atoms with Crippen molar-refractivity contribution in [1.82, 2.24) is 0 Å². The van der Waals surface area contributed by atoms with Gasteiger partial charge in [-0.15, -0.1) is 0 Å². The lowest BCUT2D eigenvalue weighted by Crippen LogP contribution is -2.44. The fourth-order valence-electron chi connectivity index (χ4n) is 2.98. The van der Waals surface area contributed by atoms with E-state index in [1.807, 2.05) is 31.2 Å². The van der Waals surface area contributed by atoms with Crippen LogP contribution in [0.4, 0.5) is 11.4 Å². The first-order valence-electron chi connectivity index (χ1n) is 9.15. The summed E-state index contributed by atoms with van der Waals surface area (Å²) in [6.07, 6.45) is 0.448. The molecule has 0 saturated carbocycles. The Hall–Kier alpha value is -3.02. The Balaban J connectivity index is 1.64. The molecule has 6 nitrogen and oxygen atoms in total. The molecule has 0 aliphatic carbocycles.